The minimum absolute atomic E-state index is 0.0276. The van der Waals surface area contributed by atoms with Crippen LogP contribution in [0.25, 0.3) is 11.3 Å². The molecule has 2 amide bonds. The molecule has 7 heteroatoms. The fourth-order valence-corrected chi connectivity index (χ4v) is 5.02. The number of carbonyl (C=O) groups is 2. The lowest BCUT2D eigenvalue weighted by Crippen LogP contribution is -2.26. The molecule has 2 N–H and O–H groups in total. The predicted octanol–water partition coefficient (Wildman–Crippen LogP) is 5.05. The van der Waals surface area contributed by atoms with E-state index < -0.39 is 0 Å². The van der Waals surface area contributed by atoms with E-state index in [0.29, 0.717) is 22.4 Å². The molecule has 154 valence electrons. The maximum absolute atomic E-state index is 12.9. The van der Waals surface area contributed by atoms with Crippen molar-refractivity contribution in [3.05, 3.63) is 65.2 Å². The van der Waals surface area contributed by atoms with Crippen LogP contribution in [0.1, 0.15) is 34.3 Å². The predicted molar refractivity (Wildman–Crippen MR) is 123 cm³/mol. The molecule has 1 aliphatic carbocycles. The summed E-state index contributed by atoms with van der Waals surface area (Å²) in [6.45, 7) is 3.96. The average Bonchev–Trinajstić information content (AvgIpc) is 3.44. The van der Waals surface area contributed by atoms with E-state index in [1.165, 1.54) is 23.1 Å². The highest BCUT2D eigenvalue weighted by molar-refractivity contribution is 8.01. The van der Waals surface area contributed by atoms with E-state index in [1.807, 2.05) is 62.4 Å². The number of carbonyl (C=O) groups excluding carboxylic acids is 2. The topological polar surface area (TPSA) is 71.1 Å². The van der Waals surface area contributed by atoms with Crippen LogP contribution in [0.15, 0.2) is 52.9 Å². The van der Waals surface area contributed by atoms with Crippen LogP contribution in [-0.2, 0) is 4.79 Å². The Hall–Kier alpha value is -2.64. The van der Waals surface area contributed by atoms with Gasteiger partial charge in [-0.15, -0.1) is 0 Å². The zero-order valence-electron chi connectivity index (χ0n) is 16.9. The van der Waals surface area contributed by atoms with Gasteiger partial charge in [0.2, 0.25) is 5.91 Å². The van der Waals surface area contributed by atoms with Crippen molar-refractivity contribution >= 4 is 39.9 Å². The standard InChI is InChI=1S/C23H23N3O2S2/c1-14-10-15(2)12-17(11-14)21(28)26-22-20(16-6-4-3-5-7-16)25-23(30-22)29-13-19(27)24-18-8-9-18/h3-7,10-12,18H,8-9,13H2,1-2H3,(H,24,27)(H,26,28). The summed E-state index contributed by atoms with van der Waals surface area (Å²) < 4.78 is 0.760. The fourth-order valence-electron chi connectivity index (χ4n) is 3.14. The van der Waals surface area contributed by atoms with Gasteiger partial charge in [0, 0.05) is 17.2 Å². The number of aromatic nitrogens is 1. The van der Waals surface area contributed by atoms with Crippen molar-refractivity contribution in [1.29, 1.82) is 0 Å². The summed E-state index contributed by atoms with van der Waals surface area (Å²) in [5.74, 6) is 0.188. The molecule has 0 bridgehead atoms. The number of hydrogen-bond donors (Lipinski definition) is 2. The molecule has 5 nitrogen and oxygen atoms in total. The van der Waals surface area contributed by atoms with Crippen molar-refractivity contribution in [1.82, 2.24) is 10.3 Å². The first kappa shape index (κ1) is 20.6. The molecular formula is C23H23N3O2S2. The molecule has 4 rings (SSSR count). The summed E-state index contributed by atoms with van der Waals surface area (Å²) in [6, 6.07) is 15.9. The number of anilines is 1. The van der Waals surface area contributed by atoms with Crippen LogP contribution in [0.2, 0.25) is 0 Å². The largest absolute Gasteiger partial charge is 0.353 e. The van der Waals surface area contributed by atoms with Gasteiger partial charge in [-0.2, -0.15) is 0 Å². The van der Waals surface area contributed by atoms with Crippen LogP contribution in [0.5, 0.6) is 0 Å². The lowest BCUT2D eigenvalue weighted by Gasteiger charge is -2.07. The Morgan fingerprint density at radius 1 is 1.10 bits per heavy atom. The molecule has 0 radical (unpaired) electrons. The Bertz CT molecular complexity index is 1060. The Morgan fingerprint density at radius 2 is 1.80 bits per heavy atom. The van der Waals surface area contributed by atoms with Gasteiger partial charge < -0.3 is 10.6 Å². The molecule has 0 atom stereocenters. The van der Waals surface area contributed by atoms with E-state index in [0.717, 1.165) is 39.6 Å². The third kappa shape index (κ3) is 5.29. The SMILES string of the molecule is Cc1cc(C)cc(C(=O)Nc2sc(SCC(=O)NC3CC3)nc2-c2ccccc2)c1. The molecule has 0 unspecified atom stereocenters. The number of thioether (sulfide) groups is 1. The second kappa shape index (κ2) is 9.02. The van der Waals surface area contributed by atoms with Crippen LogP contribution in [0.3, 0.4) is 0 Å². The number of benzene rings is 2. The van der Waals surface area contributed by atoms with E-state index in [4.69, 9.17) is 4.98 Å². The normalized spacial score (nSPS) is 13.1. The van der Waals surface area contributed by atoms with Gasteiger partial charge in [0.1, 0.15) is 10.7 Å². The van der Waals surface area contributed by atoms with Gasteiger partial charge in [-0.3, -0.25) is 9.59 Å². The zero-order chi connectivity index (χ0) is 21.1. The molecule has 0 saturated heterocycles. The lowest BCUT2D eigenvalue weighted by molar-refractivity contribution is -0.118. The van der Waals surface area contributed by atoms with Crippen LogP contribution >= 0.6 is 23.1 Å². The first-order valence-corrected chi connectivity index (χ1v) is 11.7. The number of aryl methyl sites for hydroxylation is 2. The molecule has 3 aromatic rings. The minimum Gasteiger partial charge on any atom is -0.353 e. The molecule has 1 aliphatic rings. The molecule has 1 saturated carbocycles. The number of amides is 2. The van der Waals surface area contributed by atoms with Gasteiger partial charge in [0.05, 0.1) is 5.75 Å². The van der Waals surface area contributed by atoms with Crippen LogP contribution in [0.4, 0.5) is 5.00 Å². The highest BCUT2D eigenvalue weighted by Gasteiger charge is 2.23. The monoisotopic (exact) mass is 437 g/mol. The quantitative estimate of drug-likeness (QED) is 0.508. The fraction of sp³-hybridized carbons (Fsp3) is 0.261. The second-order valence-electron chi connectivity index (χ2n) is 7.48. The molecule has 1 aromatic heterocycles. The van der Waals surface area contributed by atoms with Crippen LogP contribution < -0.4 is 10.6 Å². The van der Waals surface area contributed by atoms with E-state index in [-0.39, 0.29) is 11.8 Å². The van der Waals surface area contributed by atoms with Crippen LogP contribution in [0, 0.1) is 13.8 Å². The number of nitrogens with zero attached hydrogens (tertiary/aromatic N) is 1. The van der Waals surface area contributed by atoms with Gasteiger partial charge in [-0.05, 0) is 38.8 Å². The highest BCUT2D eigenvalue weighted by atomic mass is 32.2. The van der Waals surface area contributed by atoms with Gasteiger partial charge in [-0.25, -0.2) is 4.98 Å². The Kier molecular flexibility index (Phi) is 6.20. The molecular weight excluding hydrogens is 414 g/mol. The molecule has 30 heavy (non-hydrogen) atoms. The zero-order valence-corrected chi connectivity index (χ0v) is 18.5. The second-order valence-corrected chi connectivity index (χ2v) is 9.71. The summed E-state index contributed by atoms with van der Waals surface area (Å²) >= 11 is 2.80. The highest BCUT2D eigenvalue weighted by Crippen LogP contribution is 2.38. The number of thiazole rings is 1. The van der Waals surface area contributed by atoms with Gasteiger partial charge in [0.15, 0.2) is 4.34 Å². The number of hydrogen-bond acceptors (Lipinski definition) is 5. The molecule has 0 aliphatic heterocycles. The van der Waals surface area contributed by atoms with Gasteiger partial charge in [0.25, 0.3) is 5.91 Å². The first-order chi connectivity index (χ1) is 14.5. The number of nitrogens with one attached hydrogen (secondary N) is 2. The van der Waals surface area contributed by atoms with Crippen LogP contribution in [-0.4, -0.2) is 28.6 Å². The van der Waals surface area contributed by atoms with Crippen molar-refractivity contribution in [2.75, 3.05) is 11.1 Å². The maximum Gasteiger partial charge on any atom is 0.256 e. The maximum atomic E-state index is 12.9. The average molecular weight is 438 g/mol. The Balaban J connectivity index is 1.55. The molecule has 0 spiro atoms. The molecule has 1 fully saturated rings. The van der Waals surface area contributed by atoms with Crippen molar-refractivity contribution in [3.8, 4) is 11.3 Å². The smallest absolute Gasteiger partial charge is 0.256 e. The van der Waals surface area contributed by atoms with E-state index in [2.05, 4.69) is 10.6 Å². The Morgan fingerprint density at radius 3 is 2.47 bits per heavy atom. The molecule has 2 aromatic carbocycles. The summed E-state index contributed by atoms with van der Waals surface area (Å²) in [6.07, 6.45) is 2.14. The summed E-state index contributed by atoms with van der Waals surface area (Å²) in [5.41, 5.74) is 4.37. The third-order valence-corrected chi connectivity index (χ3v) is 6.75. The summed E-state index contributed by atoms with van der Waals surface area (Å²) in [4.78, 5) is 29.6. The third-order valence-electron chi connectivity index (χ3n) is 4.63. The van der Waals surface area contributed by atoms with Crippen molar-refractivity contribution < 1.29 is 9.59 Å². The lowest BCUT2D eigenvalue weighted by atomic mass is 10.1. The van der Waals surface area contributed by atoms with Gasteiger partial charge >= 0.3 is 0 Å². The van der Waals surface area contributed by atoms with Gasteiger partial charge in [-0.1, -0.05) is 70.6 Å². The van der Waals surface area contributed by atoms with Crippen molar-refractivity contribution in [2.45, 2.75) is 37.1 Å². The van der Waals surface area contributed by atoms with Crippen molar-refractivity contribution in [3.63, 3.8) is 0 Å². The molecule has 1 heterocycles. The van der Waals surface area contributed by atoms with E-state index in [9.17, 15) is 9.59 Å². The first-order valence-electron chi connectivity index (χ1n) is 9.86. The number of rotatable bonds is 7. The van der Waals surface area contributed by atoms with Crippen molar-refractivity contribution in [2.24, 2.45) is 0 Å². The van der Waals surface area contributed by atoms with E-state index >= 15 is 0 Å². The Labute approximate surface area is 184 Å². The summed E-state index contributed by atoms with van der Waals surface area (Å²) in [7, 11) is 0. The van der Waals surface area contributed by atoms with E-state index in [1.54, 1.807) is 0 Å². The minimum atomic E-state index is -0.161. The summed E-state index contributed by atoms with van der Waals surface area (Å²) in [5, 5.41) is 6.71.